The summed E-state index contributed by atoms with van der Waals surface area (Å²) in [5, 5.41) is 3.56. The van der Waals surface area contributed by atoms with Gasteiger partial charge in [-0.05, 0) is 31.9 Å². The molecule has 140 valence electrons. The molecule has 0 saturated heterocycles. The van der Waals surface area contributed by atoms with Crippen molar-refractivity contribution in [2.24, 2.45) is 0 Å². The predicted octanol–water partition coefficient (Wildman–Crippen LogP) is 2.41. The summed E-state index contributed by atoms with van der Waals surface area (Å²) in [6, 6.07) is 7.16. The Balaban J connectivity index is 1.87. The number of amides is 1. The highest BCUT2D eigenvalue weighted by Gasteiger charge is 2.17. The average molecular weight is 357 g/mol. The van der Waals surface area contributed by atoms with E-state index in [2.05, 4.69) is 5.32 Å². The summed E-state index contributed by atoms with van der Waals surface area (Å²) in [6.07, 6.45) is 7.98. The quantitative estimate of drug-likeness (QED) is 0.913. The van der Waals surface area contributed by atoms with E-state index in [1.54, 1.807) is 31.2 Å². The van der Waals surface area contributed by atoms with Crippen LogP contribution in [-0.2, 0) is 17.9 Å². The van der Waals surface area contributed by atoms with Gasteiger partial charge in [0, 0.05) is 12.6 Å². The summed E-state index contributed by atoms with van der Waals surface area (Å²) in [5.74, 6) is -0.163. The van der Waals surface area contributed by atoms with E-state index in [-0.39, 0.29) is 30.6 Å². The number of hydrogen-bond acceptors (Lipinski definition) is 3. The average Bonchev–Trinajstić information content (AvgIpc) is 2.61. The molecular weight excluding hydrogens is 330 g/mol. The van der Waals surface area contributed by atoms with Crippen LogP contribution in [0.25, 0.3) is 10.9 Å². The van der Waals surface area contributed by atoms with Gasteiger partial charge < -0.3 is 5.32 Å². The molecule has 2 aromatic rings. The van der Waals surface area contributed by atoms with Gasteiger partial charge in [-0.2, -0.15) is 0 Å². The first-order chi connectivity index (χ1) is 12.6. The van der Waals surface area contributed by atoms with Gasteiger partial charge in [0.25, 0.3) is 5.56 Å². The highest BCUT2D eigenvalue weighted by Crippen LogP contribution is 2.17. The van der Waals surface area contributed by atoms with Crippen LogP contribution in [0.15, 0.2) is 33.9 Å². The van der Waals surface area contributed by atoms with Crippen molar-refractivity contribution in [2.75, 3.05) is 0 Å². The first-order valence-corrected chi connectivity index (χ1v) is 9.63. The third-order valence-electron chi connectivity index (χ3n) is 5.22. The smallest absolute Gasteiger partial charge is 0.331 e. The lowest BCUT2D eigenvalue weighted by Gasteiger charge is -2.21. The molecule has 0 radical (unpaired) electrons. The van der Waals surface area contributed by atoms with Crippen LogP contribution in [0.1, 0.15) is 51.9 Å². The third-order valence-corrected chi connectivity index (χ3v) is 5.22. The maximum absolute atomic E-state index is 12.7. The zero-order valence-electron chi connectivity index (χ0n) is 15.4. The molecule has 3 rings (SSSR count). The molecule has 1 aliphatic rings. The maximum atomic E-state index is 12.7. The Bertz CT molecular complexity index is 889. The minimum atomic E-state index is -0.427. The molecule has 0 atom stereocenters. The van der Waals surface area contributed by atoms with Crippen molar-refractivity contribution in [2.45, 2.75) is 71.0 Å². The number of carbonyl (C=O) groups excluding carboxylic acids is 1. The number of hydrogen-bond donors (Lipinski definition) is 1. The third kappa shape index (κ3) is 3.89. The molecule has 1 saturated carbocycles. The summed E-state index contributed by atoms with van der Waals surface area (Å²) < 4.78 is 2.60. The van der Waals surface area contributed by atoms with Gasteiger partial charge in [-0.3, -0.25) is 18.7 Å². The SMILES string of the molecule is CCn1c(=O)c2ccccc2n(CC(=O)NC2CCCCCCC2)c1=O. The largest absolute Gasteiger partial charge is 0.352 e. The summed E-state index contributed by atoms with van der Waals surface area (Å²) in [5.41, 5.74) is -0.214. The number of para-hydroxylation sites is 1. The monoisotopic (exact) mass is 357 g/mol. The van der Waals surface area contributed by atoms with Gasteiger partial charge in [-0.15, -0.1) is 0 Å². The first-order valence-electron chi connectivity index (χ1n) is 9.63. The van der Waals surface area contributed by atoms with E-state index < -0.39 is 5.69 Å². The van der Waals surface area contributed by atoms with Crippen molar-refractivity contribution in [1.82, 2.24) is 14.5 Å². The molecule has 1 fully saturated rings. The Morgan fingerprint density at radius 3 is 2.38 bits per heavy atom. The Kier molecular flexibility index (Phi) is 5.91. The number of fused-ring (bicyclic) bond motifs is 1. The summed E-state index contributed by atoms with van der Waals surface area (Å²) in [7, 11) is 0. The lowest BCUT2D eigenvalue weighted by molar-refractivity contribution is -0.122. The zero-order valence-corrected chi connectivity index (χ0v) is 15.4. The predicted molar refractivity (Wildman–Crippen MR) is 102 cm³/mol. The molecule has 1 aliphatic carbocycles. The lowest BCUT2D eigenvalue weighted by Crippen LogP contribution is -2.44. The fourth-order valence-corrected chi connectivity index (χ4v) is 3.82. The van der Waals surface area contributed by atoms with Gasteiger partial charge in [0.2, 0.25) is 5.91 Å². The van der Waals surface area contributed by atoms with Gasteiger partial charge in [-0.1, -0.05) is 44.2 Å². The summed E-state index contributed by atoms with van der Waals surface area (Å²) in [6.45, 7) is 1.99. The van der Waals surface area contributed by atoms with Crippen molar-refractivity contribution < 1.29 is 4.79 Å². The number of nitrogens with one attached hydrogen (secondary N) is 1. The second-order valence-corrected chi connectivity index (χ2v) is 7.04. The van der Waals surface area contributed by atoms with Crippen LogP contribution in [0.4, 0.5) is 0 Å². The highest BCUT2D eigenvalue weighted by atomic mass is 16.2. The van der Waals surface area contributed by atoms with Crippen LogP contribution in [-0.4, -0.2) is 21.1 Å². The highest BCUT2D eigenvalue weighted by molar-refractivity contribution is 5.81. The van der Waals surface area contributed by atoms with Gasteiger partial charge in [0.05, 0.1) is 10.9 Å². The fraction of sp³-hybridized carbons (Fsp3) is 0.550. The molecule has 1 N–H and O–H groups in total. The van der Waals surface area contributed by atoms with Gasteiger partial charge in [0.1, 0.15) is 6.54 Å². The molecule has 6 nitrogen and oxygen atoms in total. The van der Waals surface area contributed by atoms with Crippen LogP contribution >= 0.6 is 0 Å². The molecule has 0 spiro atoms. The Morgan fingerprint density at radius 1 is 1.04 bits per heavy atom. The van der Waals surface area contributed by atoms with E-state index >= 15 is 0 Å². The maximum Gasteiger partial charge on any atom is 0.331 e. The second kappa shape index (κ2) is 8.34. The molecule has 1 heterocycles. The normalized spacial score (nSPS) is 16.2. The van der Waals surface area contributed by atoms with Crippen LogP contribution in [0.3, 0.4) is 0 Å². The van der Waals surface area contributed by atoms with Crippen LogP contribution in [0, 0.1) is 0 Å². The van der Waals surface area contributed by atoms with E-state index in [0.29, 0.717) is 10.9 Å². The van der Waals surface area contributed by atoms with Gasteiger partial charge >= 0.3 is 5.69 Å². The van der Waals surface area contributed by atoms with Crippen molar-refractivity contribution in [3.8, 4) is 0 Å². The van der Waals surface area contributed by atoms with Crippen LogP contribution in [0.2, 0.25) is 0 Å². The van der Waals surface area contributed by atoms with E-state index in [9.17, 15) is 14.4 Å². The topological polar surface area (TPSA) is 73.1 Å². The number of aromatic nitrogens is 2. The molecule has 0 bridgehead atoms. The van der Waals surface area contributed by atoms with Crippen molar-refractivity contribution >= 4 is 16.8 Å². The van der Waals surface area contributed by atoms with Gasteiger partial charge in [-0.25, -0.2) is 4.79 Å². The number of benzene rings is 1. The summed E-state index contributed by atoms with van der Waals surface area (Å²) >= 11 is 0. The molecule has 6 heteroatoms. The minimum absolute atomic E-state index is 0.0594. The van der Waals surface area contributed by atoms with Crippen molar-refractivity contribution in [3.63, 3.8) is 0 Å². The number of nitrogens with zero attached hydrogens (tertiary/aromatic N) is 2. The van der Waals surface area contributed by atoms with E-state index in [4.69, 9.17) is 0 Å². The Labute approximate surface area is 152 Å². The van der Waals surface area contributed by atoms with E-state index in [1.165, 1.54) is 28.4 Å². The van der Waals surface area contributed by atoms with Gasteiger partial charge in [0.15, 0.2) is 0 Å². The lowest BCUT2D eigenvalue weighted by atomic mass is 9.97. The fourth-order valence-electron chi connectivity index (χ4n) is 3.82. The molecule has 1 aromatic heterocycles. The number of carbonyl (C=O) groups is 1. The molecular formula is C20H27N3O3. The Morgan fingerprint density at radius 2 is 1.69 bits per heavy atom. The minimum Gasteiger partial charge on any atom is -0.352 e. The van der Waals surface area contributed by atoms with Crippen molar-refractivity contribution in [1.29, 1.82) is 0 Å². The Hall–Kier alpha value is -2.37. The van der Waals surface area contributed by atoms with E-state index in [0.717, 1.165) is 25.7 Å². The molecule has 0 unspecified atom stereocenters. The molecule has 1 aromatic carbocycles. The molecule has 26 heavy (non-hydrogen) atoms. The molecule has 0 aliphatic heterocycles. The second-order valence-electron chi connectivity index (χ2n) is 7.04. The summed E-state index contributed by atoms with van der Waals surface area (Å²) in [4.78, 5) is 37.8. The van der Waals surface area contributed by atoms with E-state index in [1.807, 2.05) is 0 Å². The van der Waals surface area contributed by atoms with Crippen LogP contribution < -0.4 is 16.6 Å². The van der Waals surface area contributed by atoms with Crippen LogP contribution in [0.5, 0.6) is 0 Å². The molecule has 1 amide bonds. The van der Waals surface area contributed by atoms with Crippen molar-refractivity contribution in [3.05, 3.63) is 45.1 Å². The zero-order chi connectivity index (χ0) is 18.5. The number of rotatable bonds is 4. The standard InChI is InChI=1S/C20H27N3O3/c1-2-22-19(25)16-12-8-9-13-17(16)23(20(22)26)14-18(24)21-15-10-6-4-3-5-7-11-15/h8-9,12-13,15H,2-7,10-11,14H2,1H3,(H,21,24). The first kappa shape index (κ1) is 18.4.